The Balaban J connectivity index is 1.97. The van der Waals surface area contributed by atoms with Crippen LogP contribution < -0.4 is 4.57 Å². The molecule has 1 aromatic heterocycles. The quantitative estimate of drug-likeness (QED) is 0.0382. The van der Waals surface area contributed by atoms with E-state index in [-0.39, 0.29) is 11.9 Å². The number of nitrogens with zero attached hydrogens (tertiary/aromatic N) is 2. The molecule has 0 spiro atoms. The summed E-state index contributed by atoms with van der Waals surface area (Å²) in [6, 6.07) is 4.11. The van der Waals surface area contributed by atoms with Gasteiger partial charge in [-0.2, -0.15) is 0 Å². The van der Waals surface area contributed by atoms with Crippen LogP contribution in [0.15, 0.2) is 40.8 Å². The lowest BCUT2D eigenvalue weighted by molar-refractivity contribution is -0.697. The minimum absolute atomic E-state index is 0.287. The molecular weight excluding hydrogens is 705 g/mol. The topological polar surface area (TPSA) is 68.8 Å². The molecule has 6 heteroatoms. The molecule has 0 aromatic carbocycles. The van der Waals surface area contributed by atoms with Crippen molar-refractivity contribution in [3.05, 3.63) is 41.4 Å². The van der Waals surface area contributed by atoms with Gasteiger partial charge < -0.3 is 9.47 Å². The van der Waals surface area contributed by atoms with Gasteiger partial charge in [0, 0.05) is 35.4 Å². The van der Waals surface area contributed by atoms with E-state index in [1.807, 2.05) is 13.8 Å². The van der Waals surface area contributed by atoms with Crippen LogP contribution in [0.5, 0.6) is 0 Å². The normalized spacial score (nSPS) is 15.6. The number of hydrogen-bond donors (Lipinski definition) is 0. The van der Waals surface area contributed by atoms with Gasteiger partial charge in [0.2, 0.25) is 0 Å². The molecule has 57 heavy (non-hydrogen) atoms. The van der Waals surface area contributed by atoms with Gasteiger partial charge in [0.15, 0.2) is 12.4 Å². The van der Waals surface area contributed by atoms with E-state index in [4.69, 9.17) is 14.5 Å². The standard InChI is InChI=1S/C51H89N2O4/c1-6-9-12-15-18-20-22-24-26-29-32-35-41-56-50(54)47-44(4)52-45(5)48(51(55)57-42-36-33-30-27-25-23-21-19-16-13-10-7-2)49(47)46-38-37-40-53(43-46)39-34-31-28-17-14-11-8-3/h37-38,40,43,47,49H,6-36,39,41-42H2,1-5H3/q+1. The highest BCUT2D eigenvalue weighted by molar-refractivity contribution is 6.07. The molecule has 2 rings (SSSR count). The Morgan fingerprint density at radius 3 is 1.42 bits per heavy atom. The number of carbonyl (C=O) groups excluding carboxylic acids is 2. The number of hydrogen-bond acceptors (Lipinski definition) is 5. The molecule has 0 radical (unpaired) electrons. The van der Waals surface area contributed by atoms with Crippen molar-refractivity contribution in [2.45, 2.75) is 246 Å². The molecule has 6 nitrogen and oxygen atoms in total. The predicted molar refractivity (Wildman–Crippen MR) is 241 cm³/mol. The van der Waals surface area contributed by atoms with Gasteiger partial charge in [-0.15, -0.1) is 0 Å². The fourth-order valence-electron chi connectivity index (χ4n) is 8.48. The SMILES string of the molecule is CCCCCCCCCCCCCCOC(=O)C1=C(C)N=C(C)C(C(=O)OCCCCCCCCCCCCCC)C1c1ccc[n+](CCCCCCCCC)c1. The summed E-state index contributed by atoms with van der Waals surface area (Å²) in [7, 11) is 0. The average Bonchev–Trinajstić information content (AvgIpc) is 3.20. The summed E-state index contributed by atoms with van der Waals surface area (Å²) in [6.07, 6.45) is 43.3. The third-order valence-corrected chi connectivity index (χ3v) is 12.0. The number of aryl methyl sites for hydroxylation is 1. The number of unbranched alkanes of at least 4 members (excludes halogenated alkanes) is 28. The van der Waals surface area contributed by atoms with E-state index in [1.54, 1.807) is 0 Å². The third kappa shape index (κ3) is 23.0. The maximum absolute atomic E-state index is 14.0. The first-order valence-electron chi connectivity index (χ1n) is 24.5. The smallest absolute Gasteiger partial charge is 0.336 e. The van der Waals surface area contributed by atoms with Crippen molar-refractivity contribution < 1.29 is 23.6 Å². The lowest BCUT2D eigenvalue weighted by Crippen LogP contribution is -2.39. The van der Waals surface area contributed by atoms with Crippen LogP contribution >= 0.6 is 0 Å². The molecule has 0 aliphatic carbocycles. The van der Waals surface area contributed by atoms with Gasteiger partial charge in [0.05, 0.1) is 18.8 Å². The Morgan fingerprint density at radius 2 is 0.965 bits per heavy atom. The monoisotopic (exact) mass is 794 g/mol. The van der Waals surface area contributed by atoms with E-state index in [0.29, 0.717) is 30.2 Å². The fraction of sp³-hybridized carbons (Fsp3) is 0.804. The Bertz CT molecular complexity index is 1240. The van der Waals surface area contributed by atoms with Crippen LogP contribution in [-0.4, -0.2) is 30.9 Å². The van der Waals surface area contributed by atoms with Crippen molar-refractivity contribution >= 4 is 17.7 Å². The summed E-state index contributed by atoms with van der Waals surface area (Å²) in [4.78, 5) is 32.7. The molecule has 1 aromatic rings. The first-order valence-corrected chi connectivity index (χ1v) is 24.5. The molecule has 0 fully saturated rings. The molecule has 0 bridgehead atoms. The Hall–Kier alpha value is -2.50. The lowest BCUT2D eigenvalue weighted by Gasteiger charge is -2.31. The summed E-state index contributed by atoms with van der Waals surface area (Å²) in [6.45, 7) is 12.3. The molecule has 326 valence electrons. The maximum atomic E-state index is 14.0. The molecule has 2 heterocycles. The Morgan fingerprint density at radius 1 is 0.561 bits per heavy atom. The number of aromatic nitrogens is 1. The van der Waals surface area contributed by atoms with Crippen LogP contribution in [0.3, 0.4) is 0 Å². The van der Waals surface area contributed by atoms with Crippen LogP contribution in [-0.2, 0) is 25.6 Å². The molecule has 0 saturated heterocycles. The third-order valence-electron chi connectivity index (χ3n) is 12.0. The highest BCUT2D eigenvalue weighted by Crippen LogP contribution is 2.40. The summed E-state index contributed by atoms with van der Waals surface area (Å²) in [5.74, 6) is -1.79. The molecule has 2 unspecified atom stereocenters. The number of ether oxygens (including phenoxy) is 2. The second-order valence-corrected chi connectivity index (χ2v) is 17.3. The molecular formula is C51H89N2O4+. The van der Waals surface area contributed by atoms with Gasteiger partial charge >= 0.3 is 11.9 Å². The number of carbonyl (C=O) groups is 2. The van der Waals surface area contributed by atoms with Gasteiger partial charge in [0.25, 0.3) is 0 Å². The Kier molecular flexibility index (Phi) is 30.5. The molecule has 1 aliphatic heterocycles. The highest BCUT2D eigenvalue weighted by atomic mass is 16.5. The first-order chi connectivity index (χ1) is 27.9. The highest BCUT2D eigenvalue weighted by Gasteiger charge is 2.43. The second kappa shape index (κ2) is 34.4. The number of esters is 2. The summed E-state index contributed by atoms with van der Waals surface area (Å²) < 4.78 is 14.2. The average molecular weight is 794 g/mol. The van der Waals surface area contributed by atoms with Crippen molar-refractivity contribution in [3.63, 3.8) is 0 Å². The van der Waals surface area contributed by atoms with E-state index in [9.17, 15) is 9.59 Å². The first kappa shape index (κ1) is 50.6. The van der Waals surface area contributed by atoms with Crippen LogP contribution in [0.4, 0.5) is 0 Å². The van der Waals surface area contributed by atoms with Gasteiger partial charge in [-0.25, -0.2) is 9.36 Å². The molecule has 0 amide bonds. The number of aliphatic imine (C=N–C) groups is 1. The minimum Gasteiger partial charge on any atom is -0.465 e. The van der Waals surface area contributed by atoms with Crippen molar-refractivity contribution in [1.29, 1.82) is 0 Å². The zero-order valence-electron chi connectivity index (χ0n) is 38.0. The van der Waals surface area contributed by atoms with E-state index < -0.39 is 11.8 Å². The van der Waals surface area contributed by atoms with E-state index in [1.165, 1.54) is 167 Å². The number of rotatable bonds is 37. The zero-order chi connectivity index (χ0) is 41.2. The van der Waals surface area contributed by atoms with Gasteiger partial charge in [-0.1, -0.05) is 194 Å². The zero-order valence-corrected chi connectivity index (χ0v) is 38.0. The van der Waals surface area contributed by atoms with Crippen LogP contribution in [0.1, 0.15) is 245 Å². The molecule has 2 atom stereocenters. The van der Waals surface area contributed by atoms with E-state index >= 15 is 0 Å². The molecule has 1 aliphatic rings. The van der Waals surface area contributed by atoms with Crippen LogP contribution in [0.25, 0.3) is 0 Å². The summed E-state index contributed by atoms with van der Waals surface area (Å²) >= 11 is 0. The maximum Gasteiger partial charge on any atom is 0.336 e. The van der Waals surface area contributed by atoms with Crippen molar-refractivity contribution in [3.8, 4) is 0 Å². The van der Waals surface area contributed by atoms with Crippen LogP contribution in [0, 0.1) is 5.92 Å². The van der Waals surface area contributed by atoms with Crippen molar-refractivity contribution in [2.24, 2.45) is 10.9 Å². The predicted octanol–water partition coefficient (Wildman–Crippen LogP) is 14.7. The number of allylic oxidation sites excluding steroid dienone is 1. The van der Waals surface area contributed by atoms with E-state index in [2.05, 4.69) is 49.9 Å². The Labute approximate surface area is 351 Å². The van der Waals surface area contributed by atoms with Crippen LogP contribution in [0.2, 0.25) is 0 Å². The van der Waals surface area contributed by atoms with Gasteiger partial charge in [-0.3, -0.25) is 9.79 Å². The molecule has 0 N–H and O–H groups in total. The van der Waals surface area contributed by atoms with Crippen molar-refractivity contribution in [1.82, 2.24) is 0 Å². The second-order valence-electron chi connectivity index (χ2n) is 17.3. The van der Waals surface area contributed by atoms with Gasteiger partial charge in [-0.05, 0) is 39.2 Å². The fourth-order valence-corrected chi connectivity index (χ4v) is 8.48. The summed E-state index contributed by atoms with van der Waals surface area (Å²) in [5, 5.41) is 0. The van der Waals surface area contributed by atoms with E-state index in [0.717, 1.165) is 44.2 Å². The van der Waals surface area contributed by atoms with Crippen molar-refractivity contribution in [2.75, 3.05) is 13.2 Å². The summed E-state index contributed by atoms with van der Waals surface area (Å²) in [5.41, 5.74) is 2.79. The largest absolute Gasteiger partial charge is 0.465 e. The molecule has 0 saturated carbocycles. The number of pyridine rings is 1. The minimum atomic E-state index is -0.658. The lowest BCUT2D eigenvalue weighted by atomic mass is 9.76. The van der Waals surface area contributed by atoms with Gasteiger partial charge in [0.1, 0.15) is 12.5 Å².